The van der Waals surface area contributed by atoms with Gasteiger partial charge in [0.1, 0.15) is 11.6 Å². The Morgan fingerprint density at radius 2 is 1.79 bits per heavy atom. The molecule has 2 fully saturated rings. The summed E-state index contributed by atoms with van der Waals surface area (Å²) in [5.41, 5.74) is 4.33. The molecule has 2 saturated carbocycles. The first-order chi connectivity index (χ1) is 20.2. The number of nitrogens with zero attached hydrogens (tertiary/aromatic N) is 1. The molecule has 2 aliphatic rings. The van der Waals surface area contributed by atoms with Gasteiger partial charge in [0.15, 0.2) is 0 Å². The highest BCUT2D eigenvalue weighted by Crippen LogP contribution is 2.59. The van der Waals surface area contributed by atoms with Gasteiger partial charge in [-0.3, -0.25) is 9.59 Å². The van der Waals surface area contributed by atoms with Crippen LogP contribution in [0.3, 0.4) is 0 Å². The van der Waals surface area contributed by atoms with Gasteiger partial charge in [0, 0.05) is 30.6 Å². The summed E-state index contributed by atoms with van der Waals surface area (Å²) in [6.45, 7) is 10.3. The second-order valence-electron chi connectivity index (χ2n) is 11.2. The third-order valence-electron chi connectivity index (χ3n) is 8.38. The number of halogens is 1. The average Bonchev–Trinajstić information content (AvgIpc) is 3.37. The van der Waals surface area contributed by atoms with E-state index in [9.17, 15) is 14.0 Å². The Kier molecular flexibility index (Phi) is 9.71. The third-order valence-corrected chi connectivity index (χ3v) is 8.38. The average molecular weight is 573 g/mol. The minimum atomic E-state index is -0.743. The molecule has 0 aliphatic heterocycles. The Morgan fingerprint density at radius 3 is 2.40 bits per heavy atom. The normalized spacial score (nSPS) is 21.3. The lowest BCUT2D eigenvalue weighted by atomic mass is 9.49. The van der Waals surface area contributed by atoms with Crippen LogP contribution in [0.25, 0.3) is 16.5 Å². The number of aromatic nitrogens is 1. The number of carboxylic acids is 1. The van der Waals surface area contributed by atoms with Crippen LogP contribution in [-0.4, -0.2) is 34.7 Å². The van der Waals surface area contributed by atoms with Gasteiger partial charge in [-0.2, -0.15) is 0 Å². The van der Waals surface area contributed by atoms with Crippen molar-refractivity contribution in [3.63, 3.8) is 0 Å². The van der Waals surface area contributed by atoms with Gasteiger partial charge in [-0.15, -0.1) is 0 Å². The molecule has 0 atom stereocenters. The first-order valence-electron chi connectivity index (χ1n) is 14.7. The number of allylic oxidation sites excluding steroid dienone is 4. The minimum absolute atomic E-state index is 0.0604. The first kappa shape index (κ1) is 30.8. The Balaban J connectivity index is 0.00000198. The van der Waals surface area contributed by atoms with E-state index in [1.165, 1.54) is 6.07 Å². The van der Waals surface area contributed by atoms with E-state index in [0.717, 1.165) is 42.4 Å². The van der Waals surface area contributed by atoms with Crippen molar-refractivity contribution < 1.29 is 23.8 Å². The number of carboxylic acid groups (broad SMARTS) is 1. The maximum Gasteiger partial charge on any atom is 0.303 e. The highest BCUT2D eigenvalue weighted by Gasteiger charge is 2.53. The van der Waals surface area contributed by atoms with Crippen LogP contribution in [-0.2, 0) is 16.1 Å². The SMILES string of the molecule is C=C(/C=C\C(=C/C)c1ccc(Cn2ccc3c(F)ccc(C(=O)NC4CC5(CC(CC(=O)O)C5)C4)c32)cc1)OC.CC. The zero-order chi connectivity index (χ0) is 30.4. The summed E-state index contributed by atoms with van der Waals surface area (Å²) in [5, 5.41) is 12.6. The summed E-state index contributed by atoms with van der Waals surface area (Å²) in [7, 11) is 1.58. The van der Waals surface area contributed by atoms with Gasteiger partial charge in [-0.1, -0.05) is 56.8 Å². The number of carbonyl (C=O) groups is 2. The van der Waals surface area contributed by atoms with Crippen molar-refractivity contribution in [1.29, 1.82) is 0 Å². The van der Waals surface area contributed by atoms with Crippen molar-refractivity contribution in [3.8, 4) is 0 Å². The van der Waals surface area contributed by atoms with Gasteiger partial charge >= 0.3 is 5.97 Å². The molecule has 0 radical (unpaired) electrons. The van der Waals surface area contributed by atoms with Crippen LogP contribution in [0, 0.1) is 17.2 Å². The standard InChI is InChI=1S/C33H35FN2O4.C2H6/c1-4-24(8-5-21(2)40-3)25-9-6-22(7-10-25)20-36-14-13-27-29(34)12-11-28(31(27)36)32(39)35-26-18-33(19-26)16-23(17-33)15-30(37)38;1-2/h4-14,23,26H,2,15-20H2,1,3H3,(H,35,39)(H,37,38);1-2H3/b8-5-,24-4+;. The van der Waals surface area contributed by atoms with E-state index in [2.05, 4.69) is 11.9 Å². The van der Waals surface area contributed by atoms with Crippen LogP contribution in [0.5, 0.6) is 0 Å². The van der Waals surface area contributed by atoms with E-state index in [1.807, 2.05) is 74.0 Å². The van der Waals surface area contributed by atoms with E-state index in [1.54, 1.807) is 19.2 Å². The Hall–Kier alpha value is -4.13. The molecular weight excluding hydrogens is 531 g/mol. The van der Waals surface area contributed by atoms with Gasteiger partial charge in [-0.25, -0.2) is 4.39 Å². The number of benzene rings is 2. The lowest BCUT2D eigenvalue weighted by Crippen LogP contribution is -2.56. The number of methoxy groups -OCH3 is 1. The largest absolute Gasteiger partial charge is 0.497 e. The number of fused-ring (bicyclic) bond motifs is 1. The molecule has 42 heavy (non-hydrogen) atoms. The van der Waals surface area contributed by atoms with E-state index >= 15 is 0 Å². The third kappa shape index (κ3) is 6.67. The molecule has 0 unspecified atom stereocenters. The smallest absolute Gasteiger partial charge is 0.303 e. The van der Waals surface area contributed by atoms with Crippen LogP contribution in [0.2, 0.25) is 0 Å². The van der Waals surface area contributed by atoms with Crippen LogP contribution < -0.4 is 5.32 Å². The quantitative estimate of drug-likeness (QED) is 0.192. The molecule has 5 rings (SSSR count). The lowest BCUT2D eigenvalue weighted by molar-refractivity contribution is -0.142. The van der Waals surface area contributed by atoms with Crippen LogP contribution in [0.1, 0.15) is 74.4 Å². The molecule has 1 amide bonds. The lowest BCUT2D eigenvalue weighted by Gasteiger charge is -2.57. The van der Waals surface area contributed by atoms with Crippen LogP contribution in [0.15, 0.2) is 79.2 Å². The van der Waals surface area contributed by atoms with Gasteiger partial charge in [0.2, 0.25) is 0 Å². The maximum atomic E-state index is 14.7. The number of carbonyl (C=O) groups excluding carboxylic acids is 1. The minimum Gasteiger partial charge on any atom is -0.497 e. The number of nitrogens with one attached hydrogen (secondary N) is 1. The van der Waals surface area contributed by atoms with Gasteiger partial charge in [-0.05, 0) is 84.9 Å². The first-order valence-corrected chi connectivity index (χ1v) is 14.7. The Morgan fingerprint density at radius 1 is 1.10 bits per heavy atom. The molecule has 0 saturated heterocycles. The summed E-state index contributed by atoms with van der Waals surface area (Å²) >= 11 is 0. The molecular formula is C35H41FN2O4. The number of amides is 1. The van der Waals surface area contributed by atoms with Crippen LogP contribution >= 0.6 is 0 Å². The predicted octanol–water partition coefficient (Wildman–Crippen LogP) is 7.74. The fourth-order valence-electron chi connectivity index (χ4n) is 6.45. The molecule has 1 aromatic heterocycles. The summed E-state index contributed by atoms with van der Waals surface area (Å²) in [5.74, 6) is -0.479. The monoisotopic (exact) mass is 572 g/mol. The van der Waals surface area contributed by atoms with Crippen molar-refractivity contribution in [2.45, 2.75) is 65.5 Å². The molecule has 2 N–H and O–H groups in total. The molecule has 222 valence electrons. The summed E-state index contributed by atoms with van der Waals surface area (Å²) in [6.07, 6.45) is 11.4. The van der Waals surface area contributed by atoms with Gasteiger partial charge in [0.05, 0.1) is 18.2 Å². The molecule has 7 heteroatoms. The van der Waals surface area contributed by atoms with E-state index in [4.69, 9.17) is 9.84 Å². The Bertz CT molecular complexity index is 1500. The summed E-state index contributed by atoms with van der Waals surface area (Å²) < 4.78 is 21.8. The number of hydrogen-bond acceptors (Lipinski definition) is 3. The second kappa shape index (κ2) is 13.2. The van der Waals surface area contributed by atoms with E-state index < -0.39 is 5.97 Å². The fourth-order valence-corrected chi connectivity index (χ4v) is 6.45. The number of rotatable bonds is 10. The molecule has 3 aromatic rings. The highest BCUT2D eigenvalue weighted by molar-refractivity contribution is 6.06. The van der Waals surface area contributed by atoms with E-state index in [0.29, 0.717) is 28.8 Å². The predicted molar refractivity (Wildman–Crippen MR) is 166 cm³/mol. The summed E-state index contributed by atoms with van der Waals surface area (Å²) in [4.78, 5) is 24.3. The second-order valence-corrected chi connectivity index (χ2v) is 11.2. The fraction of sp³-hybridized carbons (Fsp3) is 0.371. The zero-order valence-electron chi connectivity index (χ0n) is 25.0. The number of aliphatic carboxylic acids is 1. The summed E-state index contributed by atoms with van der Waals surface area (Å²) in [6, 6.07) is 12.8. The van der Waals surface area contributed by atoms with E-state index in [-0.39, 0.29) is 35.5 Å². The van der Waals surface area contributed by atoms with Crippen molar-refractivity contribution in [2.24, 2.45) is 11.3 Å². The molecule has 0 bridgehead atoms. The van der Waals surface area contributed by atoms with Crippen molar-refractivity contribution in [2.75, 3.05) is 7.11 Å². The van der Waals surface area contributed by atoms with Crippen molar-refractivity contribution in [3.05, 3.63) is 102 Å². The zero-order valence-corrected chi connectivity index (χ0v) is 25.0. The van der Waals surface area contributed by atoms with Crippen molar-refractivity contribution >= 4 is 28.4 Å². The Labute approximate surface area is 247 Å². The molecule has 2 aromatic carbocycles. The van der Waals surface area contributed by atoms with Gasteiger partial charge < -0.3 is 19.7 Å². The molecule has 6 nitrogen and oxygen atoms in total. The topological polar surface area (TPSA) is 80.6 Å². The molecule has 2 aliphatic carbocycles. The molecule has 1 spiro atoms. The highest BCUT2D eigenvalue weighted by atomic mass is 19.1. The maximum absolute atomic E-state index is 14.7. The van der Waals surface area contributed by atoms with Crippen molar-refractivity contribution in [1.82, 2.24) is 9.88 Å². The number of hydrogen-bond donors (Lipinski definition) is 2. The van der Waals surface area contributed by atoms with Crippen LogP contribution in [0.4, 0.5) is 4.39 Å². The van der Waals surface area contributed by atoms with Gasteiger partial charge in [0.25, 0.3) is 5.91 Å². The molecule has 1 heterocycles. The number of ether oxygens (including phenoxy) is 1.